The minimum atomic E-state index is -1.68. The molecule has 7 heteroatoms. The van der Waals surface area contributed by atoms with Crippen molar-refractivity contribution in [3.63, 3.8) is 0 Å². The molecule has 0 heterocycles. The third-order valence-corrected chi connectivity index (χ3v) is 2.00. The van der Waals surface area contributed by atoms with E-state index in [1.54, 1.807) is 0 Å². The van der Waals surface area contributed by atoms with Crippen LogP contribution in [0.4, 0.5) is 10.1 Å². The predicted molar refractivity (Wildman–Crippen MR) is 55.4 cm³/mol. The number of halogens is 1. The fourth-order valence-electron chi connectivity index (χ4n) is 1.04. The Kier molecular flexibility index (Phi) is 3.31. The van der Waals surface area contributed by atoms with Gasteiger partial charge < -0.3 is 9.84 Å². The highest BCUT2D eigenvalue weighted by Gasteiger charge is 2.32. The Balaban J connectivity index is 3.17. The Hall–Kier alpha value is -2.18. The maximum Gasteiger partial charge on any atom is 0.347 e. The Bertz CT molecular complexity index is 472. The molecule has 0 aliphatic rings. The van der Waals surface area contributed by atoms with Gasteiger partial charge in [0, 0.05) is 12.1 Å². The van der Waals surface area contributed by atoms with E-state index in [2.05, 4.69) is 0 Å². The summed E-state index contributed by atoms with van der Waals surface area (Å²) in [6.07, 6.45) is 0. The first-order valence-electron chi connectivity index (χ1n) is 4.60. The van der Waals surface area contributed by atoms with Gasteiger partial charge in [0.15, 0.2) is 5.60 Å². The number of carboxylic acids is 1. The summed E-state index contributed by atoms with van der Waals surface area (Å²) in [4.78, 5) is 20.7. The molecular formula is C10H10FNO5. The number of aliphatic carboxylic acids is 1. The van der Waals surface area contributed by atoms with Gasteiger partial charge >= 0.3 is 11.7 Å². The van der Waals surface area contributed by atoms with Crippen LogP contribution in [0.15, 0.2) is 18.2 Å². The van der Waals surface area contributed by atoms with Gasteiger partial charge in [-0.1, -0.05) is 0 Å². The average Bonchev–Trinajstić information content (AvgIpc) is 2.15. The Morgan fingerprint density at radius 3 is 2.59 bits per heavy atom. The second kappa shape index (κ2) is 4.36. The lowest BCUT2D eigenvalue weighted by molar-refractivity contribution is -0.386. The van der Waals surface area contributed by atoms with Crippen molar-refractivity contribution in [2.45, 2.75) is 19.4 Å². The Labute approximate surface area is 95.8 Å². The highest BCUT2D eigenvalue weighted by Crippen LogP contribution is 2.30. The zero-order valence-corrected chi connectivity index (χ0v) is 9.14. The molecule has 0 aromatic heterocycles. The van der Waals surface area contributed by atoms with Crippen molar-refractivity contribution >= 4 is 11.7 Å². The topological polar surface area (TPSA) is 89.7 Å². The molecule has 92 valence electrons. The number of nitro benzene ring substituents is 1. The Morgan fingerprint density at radius 2 is 2.12 bits per heavy atom. The van der Waals surface area contributed by atoms with Crippen molar-refractivity contribution < 1.29 is 24.0 Å². The molecule has 1 aromatic rings. The minimum Gasteiger partial charge on any atom is -0.478 e. The fraction of sp³-hybridized carbons (Fsp3) is 0.300. The van der Waals surface area contributed by atoms with Crippen LogP contribution in [0.3, 0.4) is 0 Å². The zero-order valence-electron chi connectivity index (χ0n) is 9.14. The van der Waals surface area contributed by atoms with Crippen molar-refractivity contribution in [2.24, 2.45) is 0 Å². The van der Waals surface area contributed by atoms with E-state index < -0.39 is 33.7 Å². The van der Waals surface area contributed by atoms with Gasteiger partial charge in [-0.05, 0) is 19.9 Å². The van der Waals surface area contributed by atoms with Crippen molar-refractivity contribution in [3.05, 3.63) is 34.1 Å². The Morgan fingerprint density at radius 1 is 1.53 bits per heavy atom. The van der Waals surface area contributed by atoms with Crippen molar-refractivity contribution in [1.29, 1.82) is 0 Å². The molecule has 0 radical (unpaired) electrons. The molecule has 0 atom stereocenters. The maximum atomic E-state index is 12.9. The van der Waals surface area contributed by atoms with Crippen LogP contribution >= 0.6 is 0 Å². The number of hydrogen-bond donors (Lipinski definition) is 1. The number of carboxylic acid groups (broad SMARTS) is 1. The predicted octanol–water partition coefficient (Wildman–Crippen LogP) is 1.98. The number of benzene rings is 1. The number of carbonyl (C=O) groups is 1. The molecule has 0 saturated heterocycles. The number of rotatable bonds is 4. The van der Waals surface area contributed by atoms with Crippen LogP contribution in [0.1, 0.15) is 13.8 Å². The van der Waals surface area contributed by atoms with Crippen LogP contribution in [0.2, 0.25) is 0 Å². The van der Waals surface area contributed by atoms with Crippen LogP contribution in [-0.4, -0.2) is 21.6 Å². The molecule has 0 aliphatic heterocycles. The standard InChI is InChI=1S/C10H10FNO5/c1-10(2,9(13)14)17-8-5-6(11)3-4-7(8)12(15)16/h3-5H,1-2H3,(H,13,14). The molecule has 0 amide bonds. The largest absolute Gasteiger partial charge is 0.478 e. The van der Waals surface area contributed by atoms with Crippen molar-refractivity contribution in [2.75, 3.05) is 0 Å². The average molecular weight is 243 g/mol. The highest BCUT2D eigenvalue weighted by molar-refractivity contribution is 5.77. The molecule has 0 saturated carbocycles. The van der Waals surface area contributed by atoms with Gasteiger partial charge in [0.25, 0.3) is 0 Å². The van der Waals surface area contributed by atoms with Crippen LogP contribution < -0.4 is 4.74 Å². The van der Waals surface area contributed by atoms with Crippen molar-refractivity contribution in [1.82, 2.24) is 0 Å². The molecule has 0 spiro atoms. The van der Waals surface area contributed by atoms with E-state index in [-0.39, 0.29) is 0 Å². The summed E-state index contributed by atoms with van der Waals surface area (Å²) < 4.78 is 17.9. The summed E-state index contributed by atoms with van der Waals surface area (Å²) >= 11 is 0. The molecule has 6 nitrogen and oxygen atoms in total. The number of ether oxygens (including phenoxy) is 1. The second-order valence-electron chi connectivity index (χ2n) is 3.79. The van der Waals surface area contributed by atoms with Crippen LogP contribution in [0.25, 0.3) is 0 Å². The van der Waals surface area contributed by atoms with E-state index in [9.17, 15) is 19.3 Å². The monoisotopic (exact) mass is 243 g/mol. The number of nitrogens with zero attached hydrogens (tertiary/aromatic N) is 1. The molecular weight excluding hydrogens is 233 g/mol. The zero-order chi connectivity index (χ0) is 13.2. The van der Waals surface area contributed by atoms with E-state index in [1.165, 1.54) is 13.8 Å². The first kappa shape index (κ1) is 12.9. The molecule has 1 N–H and O–H groups in total. The van der Waals surface area contributed by atoms with Gasteiger partial charge in [-0.25, -0.2) is 9.18 Å². The fourth-order valence-corrected chi connectivity index (χ4v) is 1.04. The van der Waals surface area contributed by atoms with Gasteiger partial charge in [0.2, 0.25) is 5.75 Å². The minimum absolute atomic E-state index is 0.414. The van der Waals surface area contributed by atoms with E-state index in [4.69, 9.17) is 9.84 Å². The lowest BCUT2D eigenvalue weighted by Gasteiger charge is -2.21. The third kappa shape index (κ3) is 2.90. The second-order valence-corrected chi connectivity index (χ2v) is 3.79. The highest BCUT2D eigenvalue weighted by atomic mass is 19.1. The molecule has 17 heavy (non-hydrogen) atoms. The lowest BCUT2D eigenvalue weighted by atomic mass is 10.1. The van der Waals surface area contributed by atoms with Gasteiger partial charge in [0.1, 0.15) is 5.82 Å². The SMILES string of the molecule is CC(C)(Oc1cc(F)ccc1[N+](=O)[O-])C(=O)O. The summed E-state index contributed by atoms with van der Waals surface area (Å²) in [5.74, 6) is -2.47. The molecule has 1 rings (SSSR count). The molecule has 0 fully saturated rings. The molecule has 0 aliphatic carbocycles. The van der Waals surface area contributed by atoms with E-state index >= 15 is 0 Å². The normalized spacial score (nSPS) is 11.0. The molecule has 0 bridgehead atoms. The van der Waals surface area contributed by atoms with Crippen LogP contribution in [-0.2, 0) is 4.79 Å². The summed E-state index contributed by atoms with van der Waals surface area (Å²) in [7, 11) is 0. The van der Waals surface area contributed by atoms with Crippen LogP contribution in [0.5, 0.6) is 5.75 Å². The van der Waals surface area contributed by atoms with Crippen LogP contribution in [0, 0.1) is 15.9 Å². The van der Waals surface area contributed by atoms with Gasteiger partial charge in [-0.2, -0.15) is 0 Å². The van der Waals surface area contributed by atoms with E-state index in [0.717, 1.165) is 18.2 Å². The molecule has 1 aromatic carbocycles. The molecule has 0 unspecified atom stereocenters. The first-order chi connectivity index (χ1) is 7.74. The maximum absolute atomic E-state index is 12.9. The summed E-state index contributed by atoms with van der Waals surface area (Å²) in [5.41, 5.74) is -2.17. The number of hydrogen-bond acceptors (Lipinski definition) is 4. The quantitative estimate of drug-likeness (QED) is 0.645. The van der Waals surface area contributed by atoms with Gasteiger partial charge in [-0.15, -0.1) is 0 Å². The van der Waals surface area contributed by atoms with Gasteiger partial charge in [-0.3, -0.25) is 10.1 Å². The van der Waals surface area contributed by atoms with Gasteiger partial charge in [0.05, 0.1) is 4.92 Å². The third-order valence-electron chi connectivity index (χ3n) is 2.00. The number of nitro groups is 1. The smallest absolute Gasteiger partial charge is 0.347 e. The van der Waals surface area contributed by atoms with Crippen molar-refractivity contribution in [3.8, 4) is 5.75 Å². The summed E-state index contributed by atoms with van der Waals surface area (Å²) in [5, 5.41) is 19.5. The lowest BCUT2D eigenvalue weighted by Crippen LogP contribution is -2.38. The first-order valence-corrected chi connectivity index (χ1v) is 4.60. The summed E-state index contributed by atoms with van der Waals surface area (Å²) in [6.45, 7) is 2.42. The van der Waals surface area contributed by atoms with E-state index in [0.29, 0.717) is 0 Å². The summed E-state index contributed by atoms with van der Waals surface area (Å²) in [6, 6.07) is 2.60. The van der Waals surface area contributed by atoms with E-state index in [1.807, 2.05) is 0 Å².